The second kappa shape index (κ2) is 8.65. The van der Waals surface area contributed by atoms with Crippen molar-refractivity contribution in [3.63, 3.8) is 0 Å². The van der Waals surface area contributed by atoms with E-state index < -0.39 is 0 Å². The van der Waals surface area contributed by atoms with Gasteiger partial charge in [0.25, 0.3) is 0 Å². The fourth-order valence-electron chi connectivity index (χ4n) is 3.66. The molecule has 2 aliphatic rings. The highest BCUT2D eigenvalue weighted by Crippen LogP contribution is 2.30. The van der Waals surface area contributed by atoms with Gasteiger partial charge in [0.15, 0.2) is 0 Å². The largest absolute Gasteiger partial charge is 0.508 e. The van der Waals surface area contributed by atoms with Gasteiger partial charge in [0.2, 0.25) is 5.91 Å². The fraction of sp³-hybridized carbons (Fsp3) is 0.391. The lowest BCUT2D eigenvalue weighted by Gasteiger charge is -2.36. The van der Waals surface area contributed by atoms with E-state index in [1.165, 1.54) is 0 Å². The summed E-state index contributed by atoms with van der Waals surface area (Å²) in [5.74, 6) is 0.518. The fourth-order valence-corrected chi connectivity index (χ4v) is 3.66. The Morgan fingerprint density at radius 3 is 2.37 bits per heavy atom. The van der Waals surface area contributed by atoms with Crippen LogP contribution in [-0.2, 0) is 4.79 Å². The number of benzene rings is 2. The van der Waals surface area contributed by atoms with Crippen molar-refractivity contribution in [1.82, 2.24) is 10.2 Å². The zero-order chi connectivity index (χ0) is 21.1. The molecule has 1 atom stereocenters. The third kappa shape index (κ3) is 4.84. The first-order valence-corrected chi connectivity index (χ1v) is 10.5. The van der Waals surface area contributed by atoms with Crippen LogP contribution in [0.3, 0.4) is 0 Å². The van der Waals surface area contributed by atoms with E-state index in [4.69, 9.17) is 0 Å². The van der Waals surface area contributed by atoms with Crippen LogP contribution < -0.4 is 15.5 Å². The average Bonchev–Trinajstić information content (AvgIpc) is 3.60. The van der Waals surface area contributed by atoms with Gasteiger partial charge in [-0.05, 0) is 49.6 Å². The van der Waals surface area contributed by atoms with Crippen LogP contribution >= 0.6 is 0 Å². The van der Waals surface area contributed by atoms with Crippen molar-refractivity contribution in [1.29, 1.82) is 0 Å². The first-order chi connectivity index (χ1) is 14.5. The Kier molecular flexibility index (Phi) is 5.79. The molecule has 158 valence electrons. The van der Waals surface area contributed by atoms with E-state index in [0.29, 0.717) is 13.1 Å². The lowest BCUT2D eigenvalue weighted by Crippen LogP contribution is -2.52. The molecule has 2 fully saturated rings. The van der Waals surface area contributed by atoms with Crippen LogP contribution in [0, 0.1) is 5.92 Å². The minimum absolute atomic E-state index is 0.0795. The smallest absolute Gasteiger partial charge is 0.317 e. The number of piperazine rings is 1. The Morgan fingerprint density at radius 1 is 1.03 bits per heavy atom. The molecule has 1 saturated heterocycles. The summed E-state index contributed by atoms with van der Waals surface area (Å²) in [4.78, 5) is 28.5. The maximum Gasteiger partial charge on any atom is 0.317 e. The summed E-state index contributed by atoms with van der Waals surface area (Å²) in [5, 5.41) is 15.6. The molecule has 0 radical (unpaired) electrons. The molecule has 1 heterocycles. The number of rotatable bonds is 5. The molecular formula is C23H28N4O3. The van der Waals surface area contributed by atoms with Gasteiger partial charge in [-0.2, -0.15) is 0 Å². The van der Waals surface area contributed by atoms with E-state index in [1.54, 1.807) is 12.1 Å². The van der Waals surface area contributed by atoms with Gasteiger partial charge in [-0.1, -0.05) is 18.2 Å². The van der Waals surface area contributed by atoms with E-state index in [0.717, 1.165) is 42.9 Å². The molecule has 1 unspecified atom stereocenters. The molecular weight excluding hydrogens is 380 g/mol. The summed E-state index contributed by atoms with van der Waals surface area (Å²) < 4.78 is 0. The van der Waals surface area contributed by atoms with E-state index in [-0.39, 0.29) is 29.6 Å². The molecule has 4 rings (SSSR count). The van der Waals surface area contributed by atoms with Gasteiger partial charge in [0.1, 0.15) is 5.75 Å². The Balaban J connectivity index is 1.27. The number of amides is 3. The van der Waals surface area contributed by atoms with E-state index in [1.807, 2.05) is 48.2 Å². The van der Waals surface area contributed by atoms with Crippen LogP contribution in [0.1, 0.15) is 31.4 Å². The molecule has 2 aromatic rings. The van der Waals surface area contributed by atoms with Gasteiger partial charge in [-0.15, -0.1) is 0 Å². The van der Waals surface area contributed by atoms with Crippen molar-refractivity contribution in [2.45, 2.75) is 25.8 Å². The molecule has 7 nitrogen and oxygen atoms in total. The molecule has 1 aliphatic heterocycles. The average molecular weight is 409 g/mol. The van der Waals surface area contributed by atoms with Gasteiger partial charge >= 0.3 is 6.03 Å². The first-order valence-electron chi connectivity index (χ1n) is 10.5. The number of nitrogens with zero attached hydrogens (tertiary/aromatic N) is 2. The highest BCUT2D eigenvalue weighted by atomic mass is 16.3. The quantitative estimate of drug-likeness (QED) is 0.708. The standard InChI is InChI=1S/C23H28N4O3/c1-16(17-7-9-19(10-8-17)25-22(29)18-5-6-18)24-23(30)27-13-11-26(12-14-27)20-3-2-4-21(28)15-20/h2-4,7-10,15-16,18,28H,5-6,11-14H2,1H3,(H,24,30)(H,25,29). The summed E-state index contributed by atoms with van der Waals surface area (Å²) in [5.41, 5.74) is 2.75. The molecule has 1 saturated carbocycles. The van der Waals surface area contributed by atoms with Crippen LogP contribution in [0.15, 0.2) is 48.5 Å². The van der Waals surface area contributed by atoms with Crippen LogP contribution in [0.5, 0.6) is 5.75 Å². The number of carbonyl (C=O) groups is 2. The summed E-state index contributed by atoms with van der Waals surface area (Å²) >= 11 is 0. The number of hydrogen-bond acceptors (Lipinski definition) is 4. The van der Waals surface area contributed by atoms with Crippen molar-refractivity contribution >= 4 is 23.3 Å². The molecule has 3 N–H and O–H groups in total. The van der Waals surface area contributed by atoms with Gasteiger partial charge in [0.05, 0.1) is 6.04 Å². The molecule has 0 aromatic heterocycles. The third-order valence-electron chi connectivity index (χ3n) is 5.73. The SMILES string of the molecule is CC(NC(=O)N1CCN(c2cccc(O)c2)CC1)c1ccc(NC(=O)C2CC2)cc1. The number of phenols is 1. The van der Waals surface area contributed by atoms with Crippen molar-refractivity contribution in [2.75, 3.05) is 36.4 Å². The maximum absolute atomic E-state index is 12.7. The van der Waals surface area contributed by atoms with Gasteiger partial charge in [0, 0.05) is 49.5 Å². The number of aromatic hydroxyl groups is 1. The van der Waals surface area contributed by atoms with Crippen molar-refractivity contribution in [2.24, 2.45) is 5.92 Å². The van der Waals surface area contributed by atoms with Crippen LogP contribution in [0.2, 0.25) is 0 Å². The Hall–Kier alpha value is -3.22. The van der Waals surface area contributed by atoms with Gasteiger partial charge in [-0.3, -0.25) is 4.79 Å². The number of anilines is 2. The third-order valence-corrected chi connectivity index (χ3v) is 5.73. The number of urea groups is 1. The Bertz CT molecular complexity index is 903. The number of phenolic OH excluding ortho intramolecular Hbond substituents is 1. The number of nitrogens with one attached hydrogen (secondary N) is 2. The second-order valence-electron chi connectivity index (χ2n) is 8.05. The zero-order valence-electron chi connectivity index (χ0n) is 17.2. The molecule has 3 amide bonds. The number of hydrogen-bond donors (Lipinski definition) is 3. The summed E-state index contributed by atoms with van der Waals surface area (Å²) in [6.45, 7) is 4.65. The lowest BCUT2D eigenvalue weighted by atomic mass is 10.1. The number of carbonyl (C=O) groups excluding carboxylic acids is 2. The first kappa shape index (κ1) is 20.1. The lowest BCUT2D eigenvalue weighted by molar-refractivity contribution is -0.117. The van der Waals surface area contributed by atoms with Crippen LogP contribution in [0.4, 0.5) is 16.2 Å². The van der Waals surface area contributed by atoms with E-state index in [2.05, 4.69) is 15.5 Å². The van der Waals surface area contributed by atoms with Crippen LogP contribution in [0.25, 0.3) is 0 Å². The Labute approximate surface area is 176 Å². The zero-order valence-corrected chi connectivity index (χ0v) is 17.2. The molecule has 7 heteroatoms. The predicted octanol–water partition coefficient (Wildman–Crippen LogP) is 3.33. The minimum Gasteiger partial charge on any atom is -0.508 e. The molecule has 1 aliphatic carbocycles. The highest BCUT2D eigenvalue weighted by Gasteiger charge is 2.29. The molecule has 2 aromatic carbocycles. The van der Waals surface area contributed by atoms with Gasteiger partial charge < -0.3 is 25.5 Å². The van der Waals surface area contributed by atoms with Crippen molar-refractivity contribution in [3.05, 3.63) is 54.1 Å². The summed E-state index contributed by atoms with van der Waals surface area (Å²) in [7, 11) is 0. The molecule has 0 bridgehead atoms. The minimum atomic E-state index is -0.130. The predicted molar refractivity (Wildman–Crippen MR) is 117 cm³/mol. The summed E-state index contributed by atoms with van der Waals surface area (Å²) in [6, 6.07) is 14.6. The van der Waals surface area contributed by atoms with E-state index in [9.17, 15) is 14.7 Å². The maximum atomic E-state index is 12.7. The van der Waals surface area contributed by atoms with Gasteiger partial charge in [-0.25, -0.2) is 4.79 Å². The van der Waals surface area contributed by atoms with Crippen LogP contribution in [-0.4, -0.2) is 48.1 Å². The Morgan fingerprint density at radius 2 is 1.73 bits per heavy atom. The monoisotopic (exact) mass is 408 g/mol. The highest BCUT2D eigenvalue weighted by molar-refractivity contribution is 5.94. The second-order valence-corrected chi connectivity index (χ2v) is 8.05. The summed E-state index contributed by atoms with van der Waals surface area (Å²) in [6.07, 6.45) is 1.96. The topological polar surface area (TPSA) is 84.9 Å². The molecule has 30 heavy (non-hydrogen) atoms. The molecule has 0 spiro atoms. The normalized spacial score (nSPS) is 17.4. The van der Waals surface area contributed by atoms with Crippen molar-refractivity contribution < 1.29 is 14.7 Å². The van der Waals surface area contributed by atoms with E-state index >= 15 is 0 Å². The van der Waals surface area contributed by atoms with Crippen molar-refractivity contribution in [3.8, 4) is 5.75 Å².